The van der Waals surface area contributed by atoms with Crippen LogP contribution in [-0.4, -0.2) is 59.7 Å². The average molecular weight is 267 g/mol. The lowest BCUT2D eigenvalue weighted by Gasteiger charge is -2.36. The molecule has 2 aliphatic heterocycles. The van der Waals surface area contributed by atoms with E-state index in [1.807, 2.05) is 18.7 Å². The van der Waals surface area contributed by atoms with E-state index in [2.05, 4.69) is 5.32 Å². The van der Waals surface area contributed by atoms with Crippen LogP contribution in [0.2, 0.25) is 0 Å². The van der Waals surface area contributed by atoms with Gasteiger partial charge in [-0.3, -0.25) is 14.4 Å². The summed E-state index contributed by atoms with van der Waals surface area (Å²) >= 11 is 0. The first-order valence-electron chi connectivity index (χ1n) is 6.86. The van der Waals surface area contributed by atoms with Gasteiger partial charge in [0.15, 0.2) is 0 Å². The van der Waals surface area contributed by atoms with Gasteiger partial charge in [0.2, 0.25) is 17.7 Å². The summed E-state index contributed by atoms with van der Waals surface area (Å²) in [6, 6.07) is -0.361. The van der Waals surface area contributed by atoms with Gasteiger partial charge in [-0.25, -0.2) is 0 Å². The maximum Gasteiger partial charge on any atom is 0.245 e. The van der Waals surface area contributed by atoms with E-state index in [-0.39, 0.29) is 29.7 Å². The van der Waals surface area contributed by atoms with E-state index in [0.29, 0.717) is 39.0 Å². The van der Waals surface area contributed by atoms with Gasteiger partial charge in [0.05, 0.1) is 0 Å². The Morgan fingerprint density at radius 1 is 1.16 bits per heavy atom. The molecule has 0 aliphatic carbocycles. The lowest BCUT2D eigenvalue weighted by molar-refractivity contribution is -0.142. The average Bonchev–Trinajstić information content (AvgIpc) is 2.84. The summed E-state index contributed by atoms with van der Waals surface area (Å²) in [7, 11) is 0. The molecular formula is C13H21N3O3. The fourth-order valence-electron chi connectivity index (χ4n) is 2.53. The van der Waals surface area contributed by atoms with Crippen LogP contribution >= 0.6 is 0 Å². The van der Waals surface area contributed by atoms with Crippen LogP contribution in [0.3, 0.4) is 0 Å². The minimum atomic E-state index is -0.361. The predicted octanol–water partition coefficient (Wildman–Crippen LogP) is -0.408. The Kier molecular flexibility index (Phi) is 4.07. The van der Waals surface area contributed by atoms with Gasteiger partial charge in [0, 0.05) is 38.5 Å². The molecule has 0 aromatic carbocycles. The normalized spacial score (nSPS) is 23.7. The van der Waals surface area contributed by atoms with Gasteiger partial charge in [0.25, 0.3) is 0 Å². The zero-order valence-corrected chi connectivity index (χ0v) is 11.5. The summed E-state index contributed by atoms with van der Waals surface area (Å²) in [6.45, 7) is 6.06. The number of piperazine rings is 1. The molecule has 1 unspecified atom stereocenters. The van der Waals surface area contributed by atoms with Gasteiger partial charge < -0.3 is 15.1 Å². The molecule has 2 saturated heterocycles. The fraction of sp³-hybridized carbons (Fsp3) is 0.769. The van der Waals surface area contributed by atoms with Crippen LogP contribution < -0.4 is 5.32 Å². The highest BCUT2D eigenvalue weighted by Gasteiger charge is 2.33. The van der Waals surface area contributed by atoms with Crippen molar-refractivity contribution in [2.75, 3.05) is 26.2 Å². The molecule has 1 N–H and O–H groups in total. The second-order valence-corrected chi connectivity index (χ2v) is 5.46. The van der Waals surface area contributed by atoms with Crippen LogP contribution in [0.5, 0.6) is 0 Å². The molecule has 0 radical (unpaired) electrons. The molecule has 0 aromatic heterocycles. The molecule has 2 aliphatic rings. The van der Waals surface area contributed by atoms with E-state index < -0.39 is 0 Å². The molecular weight excluding hydrogens is 246 g/mol. The zero-order chi connectivity index (χ0) is 14.0. The fourth-order valence-corrected chi connectivity index (χ4v) is 2.53. The number of hydrogen-bond acceptors (Lipinski definition) is 3. The molecule has 106 valence electrons. The zero-order valence-electron chi connectivity index (χ0n) is 11.5. The lowest BCUT2D eigenvalue weighted by Crippen LogP contribution is -2.55. The van der Waals surface area contributed by atoms with Crippen LogP contribution in [0.4, 0.5) is 0 Å². The summed E-state index contributed by atoms with van der Waals surface area (Å²) in [6.07, 6.45) is 1.02. The van der Waals surface area contributed by atoms with Crippen LogP contribution in [0.25, 0.3) is 0 Å². The van der Waals surface area contributed by atoms with Crippen molar-refractivity contribution in [2.45, 2.75) is 32.7 Å². The Balaban J connectivity index is 1.84. The number of carbonyl (C=O) groups is 3. The smallest absolute Gasteiger partial charge is 0.245 e. The van der Waals surface area contributed by atoms with Gasteiger partial charge in [0.1, 0.15) is 6.04 Å². The van der Waals surface area contributed by atoms with Crippen LogP contribution in [0, 0.1) is 5.92 Å². The van der Waals surface area contributed by atoms with E-state index in [1.54, 1.807) is 4.90 Å². The predicted molar refractivity (Wildman–Crippen MR) is 69.2 cm³/mol. The first-order valence-corrected chi connectivity index (χ1v) is 6.86. The number of nitrogens with one attached hydrogen (secondary N) is 1. The Morgan fingerprint density at radius 2 is 1.74 bits per heavy atom. The second kappa shape index (κ2) is 5.59. The number of hydrogen-bond donors (Lipinski definition) is 1. The Labute approximate surface area is 113 Å². The molecule has 2 heterocycles. The molecule has 6 nitrogen and oxygen atoms in total. The molecule has 2 fully saturated rings. The highest BCUT2D eigenvalue weighted by molar-refractivity contribution is 5.91. The maximum absolute atomic E-state index is 12.2. The highest BCUT2D eigenvalue weighted by Crippen LogP contribution is 2.13. The van der Waals surface area contributed by atoms with Gasteiger partial charge >= 0.3 is 0 Å². The van der Waals surface area contributed by atoms with Crippen molar-refractivity contribution in [3.05, 3.63) is 0 Å². The standard InChI is InChI=1S/C13H21N3O3/c1-9(2)12(18)15-5-7-16(8-6-15)13(19)10-3-4-11(17)14-10/h9-10H,3-8H2,1-2H3,(H,14,17). The van der Waals surface area contributed by atoms with Crippen molar-refractivity contribution >= 4 is 17.7 Å². The first-order chi connectivity index (χ1) is 8.99. The Bertz CT molecular complexity index is 387. The van der Waals surface area contributed by atoms with Gasteiger partial charge in [-0.2, -0.15) is 0 Å². The van der Waals surface area contributed by atoms with Gasteiger partial charge in [-0.1, -0.05) is 13.8 Å². The molecule has 0 aromatic rings. The number of amides is 3. The van der Waals surface area contributed by atoms with Crippen LogP contribution in [0.1, 0.15) is 26.7 Å². The van der Waals surface area contributed by atoms with Crippen LogP contribution in [0.15, 0.2) is 0 Å². The summed E-state index contributed by atoms with van der Waals surface area (Å²) in [4.78, 5) is 38.7. The van der Waals surface area contributed by atoms with Gasteiger partial charge in [-0.15, -0.1) is 0 Å². The van der Waals surface area contributed by atoms with Crippen molar-refractivity contribution in [1.29, 1.82) is 0 Å². The Morgan fingerprint density at radius 3 is 2.21 bits per heavy atom. The van der Waals surface area contributed by atoms with Crippen molar-refractivity contribution < 1.29 is 14.4 Å². The minimum absolute atomic E-state index is 0.00336. The second-order valence-electron chi connectivity index (χ2n) is 5.46. The first kappa shape index (κ1) is 13.8. The van der Waals surface area contributed by atoms with E-state index in [4.69, 9.17) is 0 Å². The third-order valence-electron chi connectivity index (χ3n) is 3.69. The van der Waals surface area contributed by atoms with E-state index in [1.165, 1.54) is 0 Å². The number of carbonyl (C=O) groups excluding carboxylic acids is 3. The monoisotopic (exact) mass is 267 g/mol. The Hall–Kier alpha value is -1.59. The van der Waals surface area contributed by atoms with Crippen molar-refractivity contribution in [3.8, 4) is 0 Å². The summed E-state index contributed by atoms with van der Waals surface area (Å²) < 4.78 is 0. The lowest BCUT2D eigenvalue weighted by atomic mass is 10.1. The van der Waals surface area contributed by atoms with E-state index in [0.717, 1.165) is 0 Å². The molecule has 6 heteroatoms. The molecule has 2 rings (SSSR count). The third kappa shape index (κ3) is 3.05. The molecule has 19 heavy (non-hydrogen) atoms. The van der Waals surface area contributed by atoms with E-state index >= 15 is 0 Å². The SMILES string of the molecule is CC(C)C(=O)N1CCN(C(=O)C2CCC(=O)N2)CC1. The van der Waals surface area contributed by atoms with Crippen molar-refractivity contribution in [1.82, 2.24) is 15.1 Å². The molecule has 3 amide bonds. The largest absolute Gasteiger partial charge is 0.344 e. The topological polar surface area (TPSA) is 69.7 Å². The molecule has 0 saturated carbocycles. The summed E-state index contributed by atoms with van der Waals surface area (Å²) in [5, 5.41) is 2.69. The molecule has 0 bridgehead atoms. The summed E-state index contributed by atoms with van der Waals surface area (Å²) in [5.74, 6) is 0.0760. The molecule has 1 atom stereocenters. The van der Waals surface area contributed by atoms with Crippen molar-refractivity contribution in [3.63, 3.8) is 0 Å². The minimum Gasteiger partial charge on any atom is -0.344 e. The van der Waals surface area contributed by atoms with E-state index in [9.17, 15) is 14.4 Å². The molecule has 0 spiro atoms. The quantitative estimate of drug-likeness (QED) is 0.739. The van der Waals surface area contributed by atoms with Crippen molar-refractivity contribution in [2.24, 2.45) is 5.92 Å². The van der Waals surface area contributed by atoms with Gasteiger partial charge in [-0.05, 0) is 6.42 Å². The maximum atomic E-state index is 12.2. The number of rotatable bonds is 2. The number of nitrogens with zero attached hydrogens (tertiary/aromatic N) is 2. The third-order valence-corrected chi connectivity index (χ3v) is 3.69. The van der Waals surface area contributed by atoms with Crippen LogP contribution in [-0.2, 0) is 14.4 Å². The highest BCUT2D eigenvalue weighted by atomic mass is 16.2. The summed E-state index contributed by atoms with van der Waals surface area (Å²) in [5.41, 5.74) is 0.